The number of ether oxygens (including phenoxy) is 1. The topological polar surface area (TPSA) is 58.6 Å². The predicted octanol–water partition coefficient (Wildman–Crippen LogP) is 5.12. The number of aryl methyl sites for hydroxylation is 1. The summed E-state index contributed by atoms with van der Waals surface area (Å²) in [6.07, 6.45) is 0. The number of amides is 2. The average Bonchev–Trinajstić information content (AvgIpc) is 2.73. The first kappa shape index (κ1) is 21.8. The van der Waals surface area contributed by atoms with Gasteiger partial charge in [-0.15, -0.1) is 0 Å². The molecule has 0 saturated heterocycles. The number of halogens is 1. The number of benzene rings is 3. The van der Waals surface area contributed by atoms with Crippen molar-refractivity contribution in [2.45, 2.75) is 19.8 Å². The number of anilines is 1. The van der Waals surface area contributed by atoms with Gasteiger partial charge in [-0.25, -0.2) is 0 Å². The van der Waals surface area contributed by atoms with Crippen molar-refractivity contribution < 1.29 is 14.3 Å². The van der Waals surface area contributed by atoms with Crippen molar-refractivity contribution in [2.24, 2.45) is 0 Å². The SMILES string of the molecule is COc1ccc2cc([C@@H](C)C(=O)N(C)CC(=O)Nc3ccc(Br)cc3C)ccc2c1. The lowest BCUT2D eigenvalue weighted by atomic mass is 9.96. The third-order valence-electron chi connectivity index (χ3n) is 5.16. The molecule has 3 rings (SSSR count). The first-order valence-corrected chi connectivity index (χ1v) is 10.5. The second kappa shape index (κ2) is 9.30. The van der Waals surface area contributed by atoms with E-state index >= 15 is 0 Å². The van der Waals surface area contributed by atoms with Crippen molar-refractivity contribution in [3.05, 3.63) is 70.2 Å². The monoisotopic (exact) mass is 468 g/mol. The van der Waals surface area contributed by atoms with E-state index in [9.17, 15) is 9.59 Å². The van der Waals surface area contributed by atoms with Gasteiger partial charge in [0.25, 0.3) is 0 Å². The van der Waals surface area contributed by atoms with Crippen LogP contribution in [0.2, 0.25) is 0 Å². The maximum Gasteiger partial charge on any atom is 0.243 e. The molecule has 1 atom stereocenters. The quantitative estimate of drug-likeness (QED) is 0.545. The highest BCUT2D eigenvalue weighted by molar-refractivity contribution is 9.10. The molecule has 1 N–H and O–H groups in total. The number of carbonyl (C=O) groups excluding carboxylic acids is 2. The third-order valence-corrected chi connectivity index (χ3v) is 5.65. The second-order valence-corrected chi connectivity index (χ2v) is 8.31. The first-order chi connectivity index (χ1) is 14.3. The van der Waals surface area contributed by atoms with Gasteiger partial charge >= 0.3 is 0 Å². The van der Waals surface area contributed by atoms with E-state index in [1.54, 1.807) is 14.2 Å². The molecule has 0 heterocycles. The minimum Gasteiger partial charge on any atom is -0.497 e. The Hall–Kier alpha value is -2.86. The van der Waals surface area contributed by atoms with Gasteiger partial charge in [-0.2, -0.15) is 0 Å². The zero-order chi connectivity index (χ0) is 21.8. The van der Waals surface area contributed by atoms with Crippen LogP contribution in [0.4, 0.5) is 5.69 Å². The van der Waals surface area contributed by atoms with Crippen LogP contribution in [0.1, 0.15) is 24.0 Å². The number of hydrogen-bond donors (Lipinski definition) is 1. The number of likely N-dealkylation sites (N-methyl/N-ethyl adjacent to an activating group) is 1. The Morgan fingerprint density at radius 1 is 1.07 bits per heavy atom. The highest BCUT2D eigenvalue weighted by atomic mass is 79.9. The summed E-state index contributed by atoms with van der Waals surface area (Å²) in [6.45, 7) is 3.77. The van der Waals surface area contributed by atoms with Crippen LogP contribution in [0.15, 0.2) is 59.1 Å². The zero-order valence-electron chi connectivity index (χ0n) is 17.5. The summed E-state index contributed by atoms with van der Waals surface area (Å²) in [6, 6.07) is 17.4. The molecular formula is C24H25BrN2O3. The summed E-state index contributed by atoms with van der Waals surface area (Å²) < 4.78 is 6.21. The fourth-order valence-corrected chi connectivity index (χ4v) is 3.84. The molecule has 0 aliphatic rings. The number of hydrogen-bond acceptors (Lipinski definition) is 3. The smallest absolute Gasteiger partial charge is 0.243 e. The molecule has 3 aromatic rings. The normalized spacial score (nSPS) is 11.8. The van der Waals surface area contributed by atoms with E-state index in [2.05, 4.69) is 21.2 Å². The van der Waals surface area contributed by atoms with Gasteiger partial charge < -0.3 is 15.0 Å². The lowest BCUT2D eigenvalue weighted by molar-refractivity contribution is -0.134. The van der Waals surface area contributed by atoms with Crippen LogP contribution in [-0.4, -0.2) is 37.4 Å². The van der Waals surface area contributed by atoms with Crippen LogP contribution in [0.3, 0.4) is 0 Å². The van der Waals surface area contributed by atoms with E-state index in [1.165, 1.54) is 4.90 Å². The Morgan fingerprint density at radius 3 is 2.47 bits per heavy atom. The molecule has 0 bridgehead atoms. The maximum absolute atomic E-state index is 12.9. The van der Waals surface area contributed by atoms with Crippen LogP contribution < -0.4 is 10.1 Å². The largest absolute Gasteiger partial charge is 0.497 e. The van der Waals surface area contributed by atoms with Gasteiger partial charge in [0.2, 0.25) is 11.8 Å². The number of methoxy groups -OCH3 is 1. The van der Waals surface area contributed by atoms with Crippen LogP contribution in [0.25, 0.3) is 10.8 Å². The van der Waals surface area contributed by atoms with Gasteiger partial charge in [0.05, 0.1) is 19.6 Å². The minimum absolute atomic E-state index is 0.0105. The van der Waals surface area contributed by atoms with Crippen molar-refractivity contribution >= 4 is 44.2 Å². The van der Waals surface area contributed by atoms with Gasteiger partial charge in [-0.1, -0.05) is 40.2 Å². The van der Waals surface area contributed by atoms with Gasteiger partial charge in [0.1, 0.15) is 5.75 Å². The third kappa shape index (κ3) is 5.00. The molecule has 0 unspecified atom stereocenters. The summed E-state index contributed by atoms with van der Waals surface area (Å²) in [4.78, 5) is 26.8. The molecule has 0 fully saturated rings. The fraction of sp³-hybridized carbons (Fsp3) is 0.250. The number of fused-ring (bicyclic) bond motifs is 1. The molecule has 3 aromatic carbocycles. The van der Waals surface area contributed by atoms with Crippen molar-refractivity contribution in [1.82, 2.24) is 4.90 Å². The van der Waals surface area contributed by atoms with Gasteiger partial charge in [-0.3, -0.25) is 9.59 Å². The molecule has 0 saturated carbocycles. The summed E-state index contributed by atoms with van der Waals surface area (Å²) in [5.41, 5.74) is 2.60. The Balaban J connectivity index is 1.67. The zero-order valence-corrected chi connectivity index (χ0v) is 19.1. The molecule has 0 aromatic heterocycles. The number of carbonyl (C=O) groups is 2. The Labute approximate surface area is 185 Å². The molecule has 5 nitrogen and oxygen atoms in total. The van der Waals surface area contributed by atoms with Crippen molar-refractivity contribution in [2.75, 3.05) is 26.0 Å². The van der Waals surface area contributed by atoms with E-state index in [1.807, 2.05) is 68.4 Å². The van der Waals surface area contributed by atoms with Crippen LogP contribution in [0.5, 0.6) is 5.75 Å². The predicted molar refractivity (Wildman–Crippen MR) is 124 cm³/mol. The lowest BCUT2D eigenvalue weighted by Crippen LogP contribution is -2.37. The second-order valence-electron chi connectivity index (χ2n) is 7.40. The maximum atomic E-state index is 12.9. The Bertz CT molecular complexity index is 1100. The lowest BCUT2D eigenvalue weighted by Gasteiger charge is -2.22. The number of nitrogens with zero attached hydrogens (tertiary/aromatic N) is 1. The summed E-state index contributed by atoms with van der Waals surface area (Å²) in [5, 5.41) is 4.96. The summed E-state index contributed by atoms with van der Waals surface area (Å²) >= 11 is 3.41. The van der Waals surface area contributed by atoms with E-state index in [4.69, 9.17) is 4.74 Å². The van der Waals surface area contributed by atoms with Crippen molar-refractivity contribution in [3.63, 3.8) is 0 Å². The summed E-state index contributed by atoms with van der Waals surface area (Å²) in [7, 11) is 3.29. The van der Waals surface area contributed by atoms with Crippen LogP contribution in [-0.2, 0) is 9.59 Å². The van der Waals surface area contributed by atoms with E-state index < -0.39 is 0 Å². The molecule has 156 valence electrons. The molecule has 0 spiro atoms. The summed E-state index contributed by atoms with van der Waals surface area (Å²) in [5.74, 6) is 0.106. The van der Waals surface area contributed by atoms with Crippen molar-refractivity contribution in [3.8, 4) is 5.75 Å². The number of nitrogens with one attached hydrogen (secondary N) is 1. The molecule has 6 heteroatoms. The highest BCUT2D eigenvalue weighted by Gasteiger charge is 2.21. The molecule has 30 heavy (non-hydrogen) atoms. The minimum atomic E-state index is -0.358. The van der Waals surface area contributed by atoms with E-state index in [0.717, 1.165) is 37.8 Å². The first-order valence-electron chi connectivity index (χ1n) is 9.67. The molecule has 0 aliphatic heterocycles. The van der Waals surface area contributed by atoms with E-state index in [0.29, 0.717) is 0 Å². The molecule has 2 amide bonds. The highest BCUT2D eigenvalue weighted by Crippen LogP contribution is 2.26. The molecule has 0 aliphatic carbocycles. The average molecular weight is 469 g/mol. The van der Waals surface area contributed by atoms with Crippen molar-refractivity contribution in [1.29, 1.82) is 0 Å². The van der Waals surface area contributed by atoms with Gasteiger partial charge in [0.15, 0.2) is 0 Å². The standard InChI is InChI=1S/C24H25BrN2O3/c1-15-11-20(25)8-10-22(15)26-23(28)14-27(3)24(29)16(2)17-5-6-19-13-21(30-4)9-7-18(19)12-17/h5-13,16H,14H2,1-4H3,(H,26,28)/t16-/m1/s1. The van der Waals surface area contributed by atoms with Gasteiger partial charge in [-0.05, 0) is 66.1 Å². The van der Waals surface area contributed by atoms with Crippen LogP contribution in [0, 0.1) is 6.92 Å². The number of rotatable bonds is 6. The van der Waals surface area contributed by atoms with Crippen LogP contribution >= 0.6 is 15.9 Å². The fourth-order valence-electron chi connectivity index (χ4n) is 3.36. The molecule has 0 radical (unpaired) electrons. The van der Waals surface area contributed by atoms with E-state index in [-0.39, 0.29) is 24.3 Å². The molecular weight excluding hydrogens is 444 g/mol. The Morgan fingerprint density at radius 2 is 1.77 bits per heavy atom. The Kier molecular flexibility index (Phi) is 6.77. The van der Waals surface area contributed by atoms with Gasteiger partial charge in [0, 0.05) is 17.2 Å².